The van der Waals surface area contributed by atoms with Crippen LogP contribution in [0.3, 0.4) is 0 Å². The van der Waals surface area contributed by atoms with Crippen molar-refractivity contribution in [3.8, 4) is 0 Å². The number of rotatable bonds is 7. The second-order valence-electron chi connectivity index (χ2n) is 4.25. The molecule has 1 aromatic carbocycles. The summed E-state index contributed by atoms with van der Waals surface area (Å²) >= 11 is 8.10. The van der Waals surface area contributed by atoms with E-state index in [1.165, 1.54) is 18.7 Å². The van der Waals surface area contributed by atoms with E-state index in [0.29, 0.717) is 10.8 Å². The summed E-state index contributed by atoms with van der Waals surface area (Å²) in [5.74, 6) is 0.218. The second-order valence-corrected chi connectivity index (χ2v) is 8.78. The molecular formula is C12H13ClN4O3S3. The van der Waals surface area contributed by atoms with Crippen LogP contribution in [-0.2, 0) is 14.8 Å². The molecule has 2 aromatic rings. The Labute approximate surface area is 146 Å². The van der Waals surface area contributed by atoms with E-state index < -0.39 is 10.0 Å². The van der Waals surface area contributed by atoms with Gasteiger partial charge in [-0.3, -0.25) is 4.79 Å². The van der Waals surface area contributed by atoms with Crippen LogP contribution in [0.2, 0.25) is 5.02 Å². The molecule has 0 bridgehead atoms. The minimum absolute atomic E-state index is 0.147. The van der Waals surface area contributed by atoms with Gasteiger partial charge in [-0.15, -0.1) is 22.0 Å². The maximum Gasteiger partial charge on any atom is 0.269 e. The van der Waals surface area contributed by atoms with Crippen LogP contribution in [0.1, 0.15) is 6.92 Å². The Bertz CT molecular complexity index is 777. The standard InChI is InChI=1S/C12H13ClN4O3S3/c1-8(18)15-11-16-17-12(22-11)23(19,20)14-6-7-21-10-4-2-9(13)3-5-10/h2-5,14H,6-7H2,1H3,(H,15,16,18). The van der Waals surface area contributed by atoms with E-state index >= 15 is 0 Å². The molecule has 0 aliphatic rings. The summed E-state index contributed by atoms with van der Waals surface area (Å²) in [5.41, 5.74) is 0. The van der Waals surface area contributed by atoms with Crippen LogP contribution >= 0.6 is 34.7 Å². The predicted molar refractivity (Wildman–Crippen MR) is 91.6 cm³/mol. The first-order chi connectivity index (χ1) is 10.9. The van der Waals surface area contributed by atoms with Gasteiger partial charge in [-0.05, 0) is 24.3 Å². The van der Waals surface area contributed by atoms with Gasteiger partial charge in [0.25, 0.3) is 10.0 Å². The topological polar surface area (TPSA) is 101 Å². The summed E-state index contributed by atoms with van der Waals surface area (Å²) in [7, 11) is -3.73. The molecule has 0 radical (unpaired) electrons. The summed E-state index contributed by atoms with van der Waals surface area (Å²) in [6.07, 6.45) is 0. The number of aromatic nitrogens is 2. The molecule has 2 rings (SSSR count). The number of carbonyl (C=O) groups is 1. The molecule has 0 fully saturated rings. The summed E-state index contributed by atoms with van der Waals surface area (Å²) in [4.78, 5) is 11.9. The number of nitrogens with one attached hydrogen (secondary N) is 2. The molecule has 1 aromatic heterocycles. The zero-order valence-electron chi connectivity index (χ0n) is 11.9. The van der Waals surface area contributed by atoms with Gasteiger partial charge in [-0.1, -0.05) is 22.9 Å². The summed E-state index contributed by atoms with van der Waals surface area (Å²) in [6.45, 7) is 1.55. The lowest BCUT2D eigenvalue weighted by Gasteiger charge is -2.04. The molecule has 7 nitrogen and oxygen atoms in total. The average molecular weight is 393 g/mol. The molecule has 0 atom stereocenters. The molecule has 0 unspecified atom stereocenters. The number of nitrogens with zero attached hydrogens (tertiary/aromatic N) is 2. The Balaban J connectivity index is 1.85. The third kappa shape index (κ3) is 5.74. The highest BCUT2D eigenvalue weighted by molar-refractivity contribution is 7.99. The van der Waals surface area contributed by atoms with Crippen molar-refractivity contribution in [2.75, 3.05) is 17.6 Å². The molecule has 0 aliphatic carbocycles. The van der Waals surface area contributed by atoms with Gasteiger partial charge in [0.05, 0.1) is 0 Å². The minimum atomic E-state index is -3.73. The smallest absolute Gasteiger partial charge is 0.269 e. The van der Waals surface area contributed by atoms with Crippen molar-refractivity contribution < 1.29 is 13.2 Å². The number of hydrogen-bond donors (Lipinski definition) is 2. The highest BCUT2D eigenvalue weighted by Crippen LogP contribution is 2.21. The second kappa shape index (κ2) is 8.06. The molecule has 0 saturated heterocycles. The first-order valence-corrected chi connectivity index (χ1v) is 10.0. The van der Waals surface area contributed by atoms with Crippen LogP contribution < -0.4 is 10.0 Å². The molecule has 1 amide bonds. The molecule has 0 spiro atoms. The van der Waals surface area contributed by atoms with Crippen molar-refractivity contribution in [3.05, 3.63) is 29.3 Å². The molecule has 11 heteroatoms. The van der Waals surface area contributed by atoms with Crippen molar-refractivity contribution >= 4 is 55.8 Å². The summed E-state index contributed by atoms with van der Waals surface area (Å²) < 4.78 is 26.4. The number of benzene rings is 1. The van der Waals surface area contributed by atoms with Crippen LogP contribution in [-0.4, -0.2) is 36.8 Å². The van der Waals surface area contributed by atoms with Gasteiger partial charge in [0, 0.05) is 29.1 Å². The molecule has 0 aliphatic heterocycles. The lowest BCUT2D eigenvalue weighted by Crippen LogP contribution is -2.25. The third-order valence-corrected chi connectivity index (χ3v) is 6.33. The summed E-state index contributed by atoms with van der Waals surface area (Å²) in [6, 6.07) is 7.29. The third-order valence-electron chi connectivity index (χ3n) is 2.40. The number of thioether (sulfide) groups is 1. The molecule has 2 N–H and O–H groups in total. The average Bonchev–Trinajstić information content (AvgIpc) is 2.94. The molecule has 23 heavy (non-hydrogen) atoms. The zero-order valence-corrected chi connectivity index (χ0v) is 15.2. The van der Waals surface area contributed by atoms with Crippen molar-refractivity contribution in [1.29, 1.82) is 0 Å². The van der Waals surface area contributed by atoms with Crippen LogP contribution in [0.15, 0.2) is 33.5 Å². The predicted octanol–water partition coefficient (Wildman–Crippen LogP) is 2.22. The van der Waals surface area contributed by atoms with Crippen LogP contribution in [0, 0.1) is 0 Å². The number of halogens is 1. The highest BCUT2D eigenvalue weighted by atomic mass is 35.5. The van der Waals surface area contributed by atoms with Crippen molar-refractivity contribution in [3.63, 3.8) is 0 Å². The maximum atomic E-state index is 12.0. The summed E-state index contributed by atoms with van der Waals surface area (Å²) in [5, 5.41) is 10.4. The normalized spacial score (nSPS) is 11.4. The number of sulfonamides is 1. The highest BCUT2D eigenvalue weighted by Gasteiger charge is 2.19. The zero-order chi connectivity index (χ0) is 16.9. The Kier molecular flexibility index (Phi) is 6.36. The minimum Gasteiger partial charge on any atom is -0.301 e. The lowest BCUT2D eigenvalue weighted by atomic mass is 10.4. The number of hydrogen-bond acceptors (Lipinski definition) is 7. The fraction of sp³-hybridized carbons (Fsp3) is 0.250. The largest absolute Gasteiger partial charge is 0.301 e. The first-order valence-electron chi connectivity index (χ1n) is 6.36. The Hall–Kier alpha value is -1.20. The monoisotopic (exact) mass is 392 g/mol. The van der Waals surface area contributed by atoms with Gasteiger partial charge >= 0.3 is 0 Å². The van der Waals surface area contributed by atoms with Gasteiger partial charge in [0.1, 0.15) is 0 Å². The van der Waals surface area contributed by atoms with Gasteiger partial charge in [0.15, 0.2) is 0 Å². The van der Waals surface area contributed by atoms with Gasteiger partial charge in [-0.2, -0.15) is 0 Å². The van der Waals surface area contributed by atoms with Gasteiger partial charge in [-0.25, -0.2) is 13.1 Å². The maximum absolute atomic E-state index is 12.0. The SMILES string of the molecule is CC(=O)Nc1nnc(S(=O)(=O)NCCSc2ccc(Cl)cc2)s1. The Morgan fingerprint density at radius 1 is 1.30 bits per heavy atom. The van der Waals surface area contributed by atoms with Crippen molar-refractivity contribution in [2.45, 2.75) is 16.2 Å². The van der Waals surface area contributed by atoms with E-state index in [0.717, 1.165) is 16.2 Å². The molecule has 1 heterocycles. The van der Waals surface area contributed by atoms with E-state index in [1.807, 2.05) is 12.1 Å². The number of carbonyl (C=O) groups excluding carboxylic acids is 1. The molecule has 0 saturated carbocycles. The number of amides is 1. The van der Waals surface area contributed by atoms with Crippen molar-refractivity contribution in [2.24, 2.45) is 0 Å². The molecular weight excluding hydrogens is 380 g/mol. The fourth-order valence-corrected chi connectivity index (χ4v) is 4.50. The molecule has 124 valence electrons. The van der Waals surface area contributed by atoms with Crippen LogP contribution in [0.25, 0.3) is 0 Å². The van der Waals surface area contributed by atoms with E-state index in [4.69, 9.17) is 11.6 Å². The Morgan fingerprint density at radius 3 is 2.65 bits per heavy atom. The quantitative estimate of drug-likeness (QED) is 0.425. The van der Waals surface area contributed by atoms with E-state index in [-0.39, 0.29) is 21.9 Å². The number of anilines is 1. The first kappa shape index (κ1) is 18.1. The fourth-order valence-electron chi connectivity index (χ4n) is 1.46. The van der Waals surface area contributed by atoms with Crippen molar-refractivity contribution in [1.82, 2.24) is 14.9 Å². The van der Waals surface area contributed by atoms with Gasteiger partial charge in [0.2, 0.25) is 15.4 Å². The van der Waals surface area contributed by atoms with Crippen LogP contribution in [0.5, 0.6) is 0 Å². The van der Waals surface area contributed by atoms with Crippen LogP contribution in [0.4, 0.5) is 5.13 Å². The van der Waals surface area contributed by atoms with Gasteiger partial charge < -0.3 is 5.32 Å². The Morgan fingerprint density at radius 2 is 2.00 bits per heavy atom. The van der Waals surface area contributed by atoms with E-state index in [2.05, 4.69) is 20.2 Å². The van der Waals surface area contributed by atoms with E-state index in [9.17, 15) is 13.2 Å². The van der Waals surface area contributed by atoms with E-state index in [1.54, 1.807) is 12.1 Å². The lowest BCUT2D eigenvalue weighted by molar-refractivity contribution is -0.114.